The molecule has 1 N–H and O–H groups in total. The quantitative estimate of drug-likeness (QED) is 0.890. The van der Waals surface area contributed by atoms with E-state index in [1.54, 1.807) is 0 Å². The van der Waals surface area contributed by atoms with Crippen molar-refractivity contribution in [3.05, 3.63) is 29.3 Å². The van der Waals surface area contributed by atoms with Crippen molar-refractivity contribution >= 4 is 11.6 Å². The number of aryl methyl sites for hydroxylation is 2. The van der Waals surface area contributed by atoms with E-state index in [9.17, 15) is 4.79 Å². The van der Waals surface area contributed by atoms with Gasteiger partial charge < -0.3 is 10.2 Å². The zero-order chi connectivity index (χ0) is 17.6. The minimum atomic E-state index is 0.251. The molecular weight excluding hydrogens is 314 g/mol. The van der Waals surface area contributed by atoms with Crippen molar-refractivity contribution in [3.63, 3.8) is 0 Å². The molecule has 1 aromatic rings. The molecule has 0 aromatic heterocycles. The number of benzene rings is 1. The average molecular weight is 345 g/mol. The largest absolute Gasteiger partial charge is 0.381 e. The lowest BCUT2D eigenvalue weighted by Crippen LogP contribution is -2.46. The minimum absolute atomic E-state index is 0.251. The highest BCUT2D eigenvalue weighted by Crippen LogP contribution is 2.19. The zero-order valence-corrected chi connectivity index (χ0v) is 15.6. The number of nitrogens with zero attached hydrogens (tertiary/aromatic N) is 2. The molecule has 5 nitrogen and oxygen atoms in total. The van der Waals surface area contributed by atoms with Gasteiger partial charge in [-0.2, -0.15) is 5.06 Å². The van der Waals surface area contributed by atoms with E-state index in [0.29, 0.717) is 19.0 Å². The van der Waals surface area contributed by atoms with Gasteiger partial charge in [-0.1, -0.05) is 6.07 Å². The summed E-state index contributed by atoms with van der Waals surface area (Å²) in [5, 5.41) is 5.56. The van der Waals surface area contributed by atoms with Crippen LogP contribution >= 0.6 is 0 Å². The van der Waals surface area contributed by atoms with E-state index in [4.69, 9.17) is 4.84 Å². The van der Waals surface area contributed by atoms with Gasteiger partial charge in [-0.05, 0) is 62.8 Å². The van der Waals surface area contributed by atoms with Crippen LogP contribution in [0.15, 0.2) is 18.2 Å². The summed E-state index contributed by atoms with van der Waals surface area (Å²) in [6.07, 6.45) is 5.03. The van der Waals surface area contributed by atoms with Crippen molar-refractivity contribution in [3.8, 4) is 0 Å². The van der Waals surface area contributed by atoms with Crippen LogP contribution in [0.1, 0.15) is 43.2 Å². The number of piperidine rings is 1. The van der Waals surface area contributed by atoms with Gasteiger partial charge in [0.25, 0.3) is 0 Å². The summed E-state index contributed by atoms with van der Waals surface area (Å²) in [4.78, 5) is 20.2. The molecule has 0 aliphatic carbocycles. The Kier molecular flexibility index (Phi) is 6.32. The van der Waals surface area contributed by atoms with Crippen molar-refractivity contribution in [1.29, 1.82) is 0 Å². The average Bonchev–Trinajstić information content (AvgIpc) is 2.64. The Bertz CT molecular complexity index is 584. The Balaban J connectivity index is 1.48. The third-order valence-corrected chi connectivity index (χ3v) is 5.30. The maximum absolute atomic E-state index is 12.6. The van der Waals surface area contributed by atoms with Crippen molar-refractivity contribution in [2.45, 2.75) is 52.0 Å². The van der Waals surface area contributed by atoms with Gasteiger partial charge in [-0.3, -0.25) is 9.63 Å². The SMILES string of the molecule is Cc1ccc(N[C@H]2CCCN(C(=O)CCN3CCCCO3)C2)cc1C. The number of anilines is 1. The van der Waals surface area contributed by atoms with Crippen molar-refractivity contribution < 1.29 is 9.63 Å². The summed E-state index contributed by atoms with van der Waals surface area (Å²) in [6, 6.07) is 6.83. The molecule has 1 aromatic carbocycles. The summed E-state index contributed by atoms with van der Waals surface area (Å²) >= 11 is 0. The normalized spacial score (nSPS) is 22.0. The van der Waals surface area contributed by atoms with Gasteiger partial charge in [0, 0.05) is 44.3 Å². The van der Waals surface area contributed by atoms with Crippen molar-refractivity contribution in [1.82, 2.24) is 9.96 Å². The smallest absolute Gasteiger partial charge is 0.224 e. The molecule has 0 unspecified atom stereocenters. The van der Waals surface area contributed by atoms with Gasteiger partial charge >= 0.3 is 0 Å². The van der Waals surface area contributed by atoms with Crippen LogP contribution in [0.3, 0.4) is 0 Å². The number of hydrogen-bond donors (Lipinski definition) is 1. The molecule has 2 fully saturated rings. The van der Waals surface area contributed by atoms with Crippen LogP contribution in [-0.2, 0) is 9.63 Å². The number of amides is 1. The highest BCUT2D eigenvalue weighted by Gasteiger charge is 2.24. The van der Waals surface area contributed by atoms with Crippen molar-refractivity contribution in [2.24, 2.45) is 0 Å². The summed E-state index contributed by atoms with van der Waals surface area (Å²) in [6.45, 7) is 8.40. The number of hydrogen-bond acceptors (Lipinski definition) is 4. The number of likely N-dealkylation sites (tertiary alicyclic amines) is 1. The first-order valence-electron chi connectivity index (χ1n) is 9.61. The highest BCUT2D eigenvalue weighted by molar-refractivity contribution is 5.76. The molecule has 2 saturated heterocycles. The number of nitrogens with one attached hydrogen (secondary N) is 1. The van der Waals surface area contributed by atoms with Crippen LogP contribution in [0.2, 0.25) is 0 Å². The van der Waals surface area contributed by atoms with E-state index in [-0.39, 0.29) is 5.91 Å². The van der Waals surface area contributed by atoms with E-state index in [1.807, 2.05) is 9.96 Å². The van der Waals surface area contributed by atoms with Gasteiger partial charge in [0.2, 0.25) is 5.91 Å². The molecule has 2 aliphatic heterocycles. The zero-order valence-electron chi connectivity index (χ0n) is 15.6. The number of carbonyl (C=O) groups excluding carboxylic acids is 1. The second-order valence-electron chi connectivity index (χ2n) is 7.34. The molecule has 3 rings (SSSR count). The van der Waals surface area contributed by atoms with Crippen LogP contribution in [0.5, 0.6) is 0 Å². The Hall–Kier alpha value is -1.59. The molecule has 0 radical (unpaired) electrons. The maximum atomic E-state index is 12.6. The second-order valence-corrected chi connectivity index (χ2v) is 7.34. The summed E-state index contributed by atoms with van der Waals surface area (Å²) in [5.74, 6) is 0.251. The van der Waals surface area contributed by atoms with Crippen molar-refractivity contribution in [2.75, 3.05) is 38.1 Å². The number of carbonyl (C=O) groups is 1. The lowest BCUT2D eigenvalue weighted by atomic mass is 10.0. The monoisotopic (exact) mass is 345 g/mol. The van der Waals surface area contributed by atoms with Crippen LogP contribution in [-0.4, -0.2) is 54.7 Å². The van der Waals surface area contributed by atoms with Gasteiger partial charge in [0.1, 0.15) is 0 Å². The lowest BCUT2D eigenvalue weighted by Gasteiger charge is -2.34. The fourth-order valence-electron chi connectivity index (χ4n) is 3.59. The molecule has 2 aliphatic rings. The van der Waals surface area contributed by atoms with Crippen LogP contribution in [0, 0.1) is 13.8 Å². The number of rotatable bonds is 5. The summed E-state index contributed by atoms with van der Waals surface area (Å²) in [7, 11) is 0. The molecule has 0 spiro atoms. The predicted octanol–water partition coefficient (Wildman–Crippen LogP) is 3.12. The first kappa shape index (κ1) is 18.2. The molecular formula is C20H31N3O2. The molecule has 0 saturated carbocycles. The van der Waals surface area contributed by atoms with Crippen LogP contribution in [0.4, 0.5) is 5.69 Å². The Morgan fingerprint density at radius 3 is 2.84 bits per heavy atom. The van der Waals surface area contributed by atoms with E-state index >= 15 is 0 Å². The fraction of sp³-hybridized carbons (Fsp3) is 0.650. The van der Waals surface area contributed by atoms with E-state index in [0.717, 1.165) is 51.2 Å². The first-order valence-corrected chi connectivity index (χ1v) is 9.61. The molecule has 1 atom stereocenters. The van der Waals surface area contributed by atoms with Gasteiger partial charge in [-0.25, -0.2) is 0 Å². The van der Waals surface area contributed by atoms with E-state index < -0.39 is 0 Å². The molecule has 2 heterocycles. The van der Waals surface area contributed by atoms with Gasteiger partial charge in [-0.15, -0.1) is 0 Å². The van der Waals surface area contributed by atoms with Crippen LogP contribution in [0.25, 0.3) is 0 Å². The standard InChI is InChI=1S/C20H31N3O2/c1-16-7-8-18(14-17(16)2)21-19-6-5-10-22(15-19)20(24)9-12-23-11-3-4-13-25-23/h7-8,14,19,21H,3-6,9-13,15H2,1-2H3/t19-/m0/s1. The molecule has 138 valence electrons. The maximum Gasteiger partial charge on any atom is 0.224 e. The Labute approximate surface area is 151 Å². The predicted molar refractivity (Wildman–Crippen MR) is 101 cm³/mol. The Morgan fingerprint density at radius 1 is 1.20 bits per heavy atom. The van der Waals surface area contributed by atoms with E-state index in [1.165, 1.54) is 17.5 Å². The molecule has 0 bridgehead atoms. The highest BCUT2D eigenvalue weighted by atomic mass is 16.7. The summed E-state index contributed by atoms with van der Waals surface area (Å²) in [5.41, 5.74) is 3.77. The second kappa shape index (κ2) is 8.68. The Morgan fingerprint density at radius 2 is 2.08 bits per heavy atom. The fourth-order valence-corrected chi connectivity index (χ4v) is 3.59. The van der Waals surface area contributed by atoms with E-state index in [2.05, 4.69) is 37.4 Å². The topological polar surface area (TPSA) is 44.8 Å². The lowest BCUT2D eigenvalue weighted by molar-refractivity contribution is -0.182. The van der Waals surface area contributed by atoms with Gasteiger partial charge in [0.15, 0.2) is 0 Å². The molecule has 25 heavy (non-hydrogen) atoms. The third-order valence-electron chi connectivity index (χ3n) is 5.30. The van der Waals surface area contributed by atoms with Gasteiger partial charge in [0.05, 0.1) is 6.61 Å². The third kappa shape index (κ3) is 5.19. The summed E-state index contributed by atoms with van der Waals surface area (Å²) < 4.78 is 0. The molecule has 5 heteroatoms. The molecule has 1 amide bonds. The first-order chi connectivity index (χ1) is 12.1. The number of hydroxylamine groups is 2. The minimum Gasteiger partial charge on any atom is -0.381 e. The van der Waals surface area contributed by atoms with Crippen LogP contribution < -0.4 is 5.32 Å².